The van der Waals surface area contributed by atoms with Gasteiger partial charge in [-0.3, -0.25) is 4.79 Å². The summed E-state index contributed by atoms with van der Waals surface area (Å²) in [4.78, 5) is 12.5. The summed E-state index contributed by atoms with van der Waals surface area (Å²) in [5, 5.41) is 0.457. The van der Waals surface area contributed by atoms with Crippen LogP contribution >= 0.6 is 11.6 Å². The fourth-order valence-corrected chi connectivity index (χ4v) is 2.88. The molecule has 0 spiro atoms. The third-order valence-corrected chi connectivity index (χ3v) is 4.21. The first kappa shape index (κ1) is 18.1. The van der Waals surface area contributed by atoms with E-state index >= 15 is 0 Å². The monoisotopic (exact) mass is 374 g/mol. The average Bonchev–Trinajstić information content (AvgIpc) is 2.91. The Morgan fingerprint density at radius 1 is 1.12 bits per heavy atom. The zero-order chi connectivity index (χ0) is 18.5. The predicted octanol–water partition coefficient (Wildman–Crippen LogP) is 4.41. The summed E-state index contributed by atoms with van der Waals surface area (Å²) in [5.74, 6) is 2.02. The topological polar surface area (TPSA) is 54.0 Å². The molecule has 0 radical (unpaired) electrons. The van der Waals surface area contributed by atoms with Crippen molar-refractivity contribution in [3.05, 3.63) is 52.6 Å². The Kier molecular flexibility index (Phi) is 5.68. The largest absolute Gasteiger partial charge is 0.497 e. The van der Waals surface area contributed by atoms with E-state index in [2.05, 4.69) is 0 Å². The van der Waals surface area contributed by atoms with Crippen LogP contribution in [0.25, 0.3) is 6.08 Å². The molecule has 1 aliphatic heterocycles. The second-order valence-corrected chi connectivity index (χ2v) is 6.05. The number of ketones is 1. The van der Waals surface area contributed by atoms with E-state index in [-0.39, 0.29) is 5.78 Å². The molecule has 0 fully saturated rings. The van der Waals surface area contributed by atoms with Crippen molar-refractivity contribution in [2.24, 2.45) is 0 Å². The summed E-state index contributed by atoms with van der Waals surface area (Å²) >= 11 is 6.28. The third-order valence-electron chi connectivity index (χ3n) is 3.93. The van der Waals surface area contributed by atoms with Gasteiger partial charge < -0.3 is 18.9 Å². The molecular formula is C20H19ClO5. The van der Waals surface area contributed by atoms with Crippen molar-refractivity contribution >= 4 is 23.5 Å². The van der Waals surface area contributed by atoms with Gasteiger partial charge >= 0.3 is 0 Å². The standard InChI is InChI=1S/C20H19ClO5/c1-23-14-5-6-15(18(12-14)24-2)17(22)7-4-13-10-16(21)20-19(11-13)25-8-3-9-26-20/h4-7,10-12H,3,8-9H2,1-2H3/b7-4+. The van der Waals surface area contributed by atoms with Gasteiger partial charge in [0, 0.05) is 12.5 Å². The number of rotatable bonds is 5. The third kappa shape index (κ3) is 3.94. The Morgan fingerprint density at radius 2 is 1.92 bits per heavy atom. The van der Waals surface area contributed by atoms with E-state index in [1.54, 1.807) is 37.5 Å². The summed E-state index contributed by atoms with van der Waals surface area (Å²) in [7, 11) is 3.07. The predicted molar refractivity (Wildman–Crippen MR) is 100.0 cm³/mol. The summed E-state index contributed by atoms with van der Waals surface area (Å²) in [6, 6.07) is 8.61. The van der Waals surface area contributed by atoms with Crippen molar-refractivity contribution in [2.75, 3.05) is 27.4 Å². The second-order valence-electron chi connectivity index (χ2n) is 5.64. The lowest BCUT2D eigenvalue weighted by Crippen LogP contribution is -1.99. The number of allylic oxidation sites excluding steroid dienone is 1. The number of carbonyl (C=O) groups is 1. The minimum absolute atomic E-state index is 0.187. The van der Waals surface area contributed by atoms with E-state index in [0.29, 0.717) is 46.8 Å². The van der Waals surface area contributed by atoms with Crippen LogP contribution < -0.4 is 18.9 Å². The van der Waals surface area contributed by atoms with Crippen LogP contribution in [0.1, 0.15) is 22.3 Å². The molecule has 1 aliphatic rings. The zero-order valence-corrected chi connectivity index (χ0v) is 15.3. The van der Waals surface area contributed by atoms with Gasteiger partial charge in [0.2, 0.25) is 0 Å². The summed E-state index contributed by atoms with van der Waals surface area (Å²) < 4.78 is 21.7. The maximum atomic E-state index is 12.5. The van der Waals surface area contributed by atoms with Crippen LogP contribution in [0, 0.1) is 0 Å². The molecule has 2 aromatic rings. The minimum atomic E-state index is -0.187. The number of fused-ring (bicyclic) bond motifs is 1. The van der Waals surface area contributed by atoms with Gasteiger partial charge in [0.15, 0.2) is 17.3 Å². The van der Waals surface area contributed by atoms with Crippen LogP contribution in [0.5, 0.6) is 23.0 Å². The van der Waals surface area contributed by atoms with Gasteiger partial charge in [-0.1, -0.05) is 17.7 Å². The Labute approximate surface area is 157 Å². The van der Waals surface area contributed by atoms with E-state index in [1.165, 1.54) is 13.2 Å². The number of hydrogen-bond acceptors (Lipinski definition) is 5. The van der Waals surface area contributed by atoms with Gasteiger partial charge in [-0.2, -0.15) is 0 Å². The number of carbonyl (C=O) groups excluding carboxylic acids is 1. The van der Waals surface area contributed by atoms with Gasteiger partial charge in [-0.25, -0.2) is 0 Å². The molecule has 0 aliphatic carbocycles. The second kappa shape index (κ2) is 8.15. The lowest BCUT2D eigenvalue weighted by molar-refractivity contribution is 0.104. The Balaban J connectivity index is 1.85. The molecular weight excluding hydrogens is 356 g/mol. The van der Waals surface area contributed by atoms with Crippen LogP contribution in [-0.4, -0.2) is 33.2 Å². The maximum Gasteiger partial charge on any atom is 0.189 e. The molecule has 0 N–H and O–H groups in total. The van der Waals surface area contributed by atoms with Gasteiger partial charge in [-0.15, -0.1) is 0 Å². The Bertz CT molecular complexity index is 844. The minimum Gasteiger partial charge on any atom is -0.497 e. The van der Waals surface area contributed by atoms with Crippen LogP contribution in [0.3, 0.4) is 0 Å². The Hall–Kier alpha value is -2.66. The van der Waals surface area contributed by atoms with Crippen LogP contribution in [0.4, 0.5) is 0 Å². The molecule has 0 saturated carbocycles. The highest BCUT2D eigenvalue weighted by Crippen LogP contribution is 2.38. The average molecular weight is 375 g/mol. The van der Waals surface area contributed by atoms with Gasteiger partial charge in [0.25, 0.3) is 0 Å². The van der Waals surface area contributed by atoms with Crippen LogP contribution in [0.15, 0.2) is 36.4 Å². The van der Waals surface area contributed by atoms with Crippen molar-refractivity contribution in [2.45, 2.75) is 6.42 Å². The molecule has 26 heavy (non-hydrogen) atoms. The molecule has 136 valence electrons. The highest BCUT2D eigenvalue weighted by atomic mass is 35.5. The first-order valence-corrected chi connectivity index (χ1v) is 8.53. The molecule has 0 atom stereocenters. The molecule has 2 aromatic carbocycles. The molecule has 0 bridgehead atoms. The maximum absolute atomic E-state index is 12.5. The molecule has 0 amide bonds. The summed E-state index contributed by atoms with van der Waals surface area (Å²) in [5.41, 5.74) is 1.20. The summed E-state index contributed by atoms with van der Waals surface area (Å²) in [6.45, 7) is 1.14. The molecule has 6 heteroatoms. The normalized spacial score (nSPS) is 13.3. The van der Waals surface area contributed by atoms with Crippen molar-refractivity contribution in [3.63, 3.8) is 0 Å². The Morgan fingerprint density at radius 3 is 2.69 bits per heavy atom. The fraction of sp³-hybridized carbons (Fsp3) is 0.250. The van der Waals surface area contributed by atoms with E-state index < -0.39 is 0 Å². The van der Waals surface area contributed by atoms with Crippen molar-refractivity contribution < 1.29 is 23.7 Å². The number of methoxy groups -OCH3 is 2. The highest BCUT2D eigenvalue weighted by Gasteiger charge is 2.15. The van der Waals surface area contributed by atoms with Crippen molar-refractivity contribution in [3.8, 4) is 23.0 Å². The number of halogens is 1. The number of ether oxygens (including phenoxy) is 4. The lowest BCUT2D eigenvalue weighted by Gasteiger charge is -2.10. The van der Waals surface area contributed by atoms with Crippen LogP contribution in [-0.2, 0) is 0 Å². The van der Waals surface area contributed by atoms with Crippen LogP contribution in [0.2, 0.25) is 5.02 Å². The molecule has 3 rings (SSSR count). The fourth-order valence-electron chi connectivity index (χ4n) is 2.61. The van der Waals surface area contributed by atoms with Gasteiger partial charge in [0.1, 0.15) is 11.5 Å². The number of hydrogen-bond donors (Lipinski definition) is 0. The highest BCUT2D eigenvalue weighted by molar-refractivity contribution is 6.32. The SMILES string of the molecule is COc1ccc(C(=O)/C=C/c2cc(Cl)c3c(c2)OCCCO3)c(OC)c1. The molecule has 0 aromatic heterocycles. The molecule has 1 heterocycles. The van der Waals surface area contributed by atoms with E-state index in [1.807, 2.05) is 6.07 Å². The van der Waals surface area contributed by atoms with Crippen molar-refractivity contribution in [1.82, 2.24) is 0 Å². The van der Waals surface area contributed by atoms with Crippen molar-refractivity contribution in [1.29, 1.82) is 0 Å². The number of benzene rings is 2. The quantitative estimate of drug-likeness (QED) is 0.573. The zero-order valence-electron chi connectivity index (χ0n) is 14.6. The molecule has 0 unspecified atom stereocenters. The first-order valence-electron chi connectivity index (χ1n) is 8.16. The summed E-state index contributed by atoms with van der Waals surface area (Å²) in [6.07, 6.45) is 3.96. The smallest absolute Gasteiger partial charge is 0.189 e. The first-order chi connectivity index (χ1) is 12.6. The van der Waals surface area contributed by atoms with E-state index in [0.717, 1.165) is 12.0 Å². The molecule has 5 nitrogen and oxygen atoms in total. The lowest BCUT2D eigenvalue weighted by atomic mass is 10.1. The van der Waals surface area contributed by atoms with Gasteiger partial charge in [0.05, 0.1) is 38.0 Å². The van der Waals surface area contributed by atoms with E-state index in [9.17, 15) is 4.79 Å². The van der Waals surface area contributed by atoms with Gasteiger partial charge in [-0.05, 0) is 35.9 Å². The molecule has 0 saturated heterocycles. The van der Waals surface area contributed by atoms with E-state index in [4.69, 9.17) is 30.5 Å².